The SMILES string of the molecule is CC1(C)c2ccccc2-c2cccc(-c3ccc4oc5cccc(-c6nc(-c7ccccc7)nc(-c7ccc8c(c7)sc7ccccc78)n6)c5c4c3)c21. The summed E-state index contributed by atoms with van der Waals surface area (Å²) in [7, 11) is 0. The third-order valence-corrected chi connectivity index (χ3v) is 12.1. The molecule has 0 saturated carbocycles. The normalized spacial score (nSPS) is 13.2. The highest BCUT2D eigenvalue weighted by Gasteiger charge is 2.37. The lowest BCUT2D eigenvalue weighted by Crippen LogP contribution is -2.16. The zero-order valence-electron chi connectivity index (χ0n) is 29.1. The number of thiophene rings is 1. The lowest BCUT2D eigenvalue weighted by atomic mass is 9.79. The van der Waals surface area contributed by atoms with Gasteiger partial charge >= 0.3 is 0 Å². The summed E-state index contributed by atoms with van der Waals surface area (Å²) in [6.07, 6.45) is 0. The van der Waals surface area contributed by atoms with E-state index in [-0.39, 0.29) is 5.41 Å². The minimum Gasteiger partial charge on any atom is -0.456 e. The first-order chi connectivity index (χ1) is 26.0. The molecule has 3 heterocycles. The lowest BCUT2D eigenvalue weighted by Gasteiger charge is -2.24. The van der Waals surface area contributed by atoms with E-state index in [1.807, 2.05) is 30.3 Å². The van der Waals surface area contributed by atoms with Crippen molar-refractivity contribution in [3.8, 4) is 56.4 Å². The van der Waals surface area contributed by atoms with Crippen molar-refractivity contribution in [3.05, 3.63) is 163 Å². The second-order valence-corrected chi connectivity index (χ2v) is 15.5. The van der Waals surface area contributed by atoms with E-state index in [9.17, 15) is 0 Å². The third kappa shape index (κ3) is 4.57. The second-order valence-electron chi connectivity index (χ2n) is 14.4. The van der Waals surface area contributed by atoms with Crippen molar-refractivity contribution in [2.75, 3.05) is 0 Å². The predicted octanol–water partition coefficient (Wildman–Crippen LogP) is 13.1. The Morgan fingerprint density at radius 1 is 0.453 bits per heavy atom. The van der Waals surface area contributed by atoms with Gasteiger partial charge in [-0.2, -0.15) is 0 Å². The van der Waals surface area contributed by atoms with E-state index in [1.165, 1.54) is 48.0 Å². The van der Waals surface area contributed by atoms with Gasteiger partial charge in [0.25, 0.3) is 0 Å². The average molecular weight is 698 g/mol. The van der Waals surface area contributed by atoms with Crippen molar-refractivity contribution >= 4 is 53.4 Å². The maximum Gasteiger partial charge on any atom is 0.164 e. The highest BCUT2D eigenvalue weighted by atomic mass is 32.1. The summed E-state index contributed by atoms with van der Waals surface area (Å²) < 4.78 is 9.01. The number of hydrogen-bond donors (Lipinski definition) is 0. The molecule has 1 aliphatic rings. The van der Waals surface area contributed by atoms with Crippen molar-refractivity contribution < 1.29 is 4.42 Å². The molecule has 53 heavy (non-hydrogen) atoms. The van der Waals surface area contributed by atoms with E-state index < -0.39 is 0 Å². The molecule has 250 valence electrons. The Labute approximate surface area is 310 Å². The van der Waals surface area contributed by atoms with Gasteiger partial charge in [0.15, 0.2) is 17.5 Å². The summed E-state index contributed by atoms with van der Waals surface area (Å²) in [6.45, 7) is 4.68. The highest BCUT2D eigenvalue weighted by Crippen LogP contribution is 2.52. The molecule has 0 radical (unpaired) electrons. The highest BCUT2D eigenvalue weighted by molar-refractivity contribution is 7.25. The first-order valence-corrected chi connectivity index (χ1v) is 18.8. The van der Waals surface area contributed by atoms with Gasteiger partial charge in [0.05, 0.1) is 0 Å². The smallest absolute Gasteiger partial charge is 0.164 e. The van der Waals surface area contributed by atoms with Gasteiger partial charge in [0.2, 0.25) is 0 Å². The largest absolute Gasteiger partial charge is 0.456 e. The number of benzene rings is 7. The van der Waals surface area contributed by atoms with Gasteiger partial charge in [-0.25, -0.2) is 15.0 Å². The average Bonchev–Trinajstić information content (AvgIpc) is 3.85. The molecular weight excluding hydrogens is 667 g/mol. The standard InChI is InChI=1S/C48H31N3OS/c1-48(2)38-19-8-6-14-32(38)35-17-10-16-31(44(35)48)29-23-25-39-37(26-29)43-36(18-11-20-40(43)52-39)47-50-45(28-12-4-3-5-13-28)49-46(51-47)30-22-24-34-33-15-7-9-21-41(33)53-42(34)27-30/h3-27H,1-2H3. The molecule has 0 atom stereocenters. The second kappa shape index (κ2) is 11.3. The number of nitrogens with zero attached hydrogens (tertiary/aromatic N) is 3. The van der Waals surface area contributed by atoms with Crippen LogP contribution in [0.25, 0.3) is 98.5 Å². The van der Waals surface area contributed by atoms with Crippen molar-refractivity contribution in [3.63, 3.8) is 0 Å². The minimum atomic E-state index is -0.130. The minimum absolute atomic E-state index is 0.130. The van der Waals surface area contributed by atoms with Crippen molar-refractivity contribution in [2.45, 2.75) is 19.3 Å². The number of fused-ring (bicyclic) bond motifs is 9. The zero-order chi connectivity index (χ0) is 35.3. The first-order valence-electron chi connectivity index (χ1n) is 17.9. The number of rotatable bonds is 4. The molecule has 0 N–H and O–H groups in total. The summed E-state index contributed by atoms with van der Waals surface area (Å²) >= 11 is 1.80. The monoisotopic (exact) mass is 697 g/mol. The van der Waals surface area contributed by atoms with Gasteiger partial charge in [-0.1, -0.05) is 135 Å². The van der Waals surface area contributed by atoms with Gasteiger partial charge in [-0.3, -0.25) is 0 Å². The lowest BCUT2D eigenvalue weighted by molar-refractivity contribution is 0.662. The van der Waals surface area contributed by atoms with Crippen molar-refractivity contribution in [1.29, 1.82) is 0 Å². The molecule has 1 aliphatic carbocycles. The summed E-state index contributed by atoms with van der Waals surface area (Å²) in [4.78, 5) is 15.4. The van der Waals surface area contributed by atoms with Gasteiger partial charge < -0.3 is 4.42 Å². The summed E-state index contributed by atoms with van der Waals surface area (Å²) in [5.41, 5.74) is 12.1. The van der Waals surface area contributed by atoms with Crippen molar-refractivity contribution in [2.24, 2.45) is 0 Å². The van der Waals surface area contributed by atoms with E-state index >= 15 is 0 Å². The van der Waals surface area contributed by atoms with E-state index in [2.05, 4.69) is 135 Å². The first kappa shape index (κ1) is 30.2. The van der Waals surface area contributed by atoms with Crippen LogP contribution in [0.1, 0.15) is 25.0 Å². The van der Waals surface area contributed by atoms with E-state index in [4.69, 9.17) is 19.4 Å². The molecule has 0 unspecified atom stereocenters. The van der Waals surface area contributed by atoms with Crippen molar-refractivity contribution in [1.82, 2.24) is 15.0 Å². The Balaban J connectivity index is 1.11. The van der Waals surface area contributed by atoms with Crippen LogP contribution in [-0.2, 0) is 5.41 Å². The third-order valence-electron chi connectivity index (χ3n) is 10.9. The topological polar surface area (TPSA) is 51.8 Å². The predicted molar refractivity (Wildman–Crippen MR) is 219 cm³/mol. The van der Waals surface area contributed by atoms with E-state index in [0.717, 1.165) is 44.2 Å². The molecule has 0 aliphatic heterocycles. The van der Waals surface area contributed by atoms with Crippen LogP contribution in [0.5, 0.6) is 0 Å². The Bertz CT molecular complexity index is 3100. The maximum absolute atomic E-state index is 6.53. The quantitative estimate of drug-likeness (QED) is 0.184. The molecule has 0 amide bonds. The van der Waals surface area contributed by atoms with Gasteiger partial charge in [-0.05, 0) is 63.7 Å². The molecule has 3 aromatic heterocycles. The molecule has 11 rings (SSSR count). The van der Waals surface area contributed by atoms with Crippen LogP contribution < -0.4 is 0 Å². The van der Waals surface area contributed by atoms with Crippen LogP contribution in [0.2, 0.25) is 0 Å². The van der Waals surface area contributed by atoms with E-state index in [1.54, 1.807) is 11.3 Å². The van der Waals surface area contributed by atoms with E-state index in [0.29, 0.717) is 17.5 Å². The van der Waals surface area contributed by atoms with Gasteiger partial charge in [-0.15, -0.1) is 11.3 Å². The summed E-state index contributed by atoms with van der Waals surface area (Å²) in [6, 6.07) is 53.5. The fourth-order valence-electron chi connectivity index (χ4n) is 8.48. The molecule has 0 bridgehead atoms. The van der Waals surface area contributed by atoms with Crippen LogP contribution >= 0.6 is 11.3 Å². The molecule has 0 saturated heterocycles. The number of furan rings is 1. The van der Waals surface area contributed by atoms with Crippen LogP contribution in [-0.4, -0.2) is 15.0 Å². The summed E-state index contributed by atoms with van der Waals surface area (Å²) in [5.74, 6) is 1.88. The Hall–Kier alpha value is -6.43. The maximum atomic E-state index is 6.53. The Morgan fingerprint density at radius 3 is 2.04 bits per heavy atom. The Morgan fingerprint density at radius 2 is 1.13 bits per heavy atom. The fourth-order valence-corrected chi connectivity index (χ4v) is 9.62. The van der Waals surface area contributed by atoms with Crippen LogP contribution in [0.3, 0.4) is 0 Å². The molecule has 0 spiro atoms. The summed E-state index contributed by atoms with van der Waals surface area (Å²) in [5, 5.41) is 4.55. The fraction of sp³-hybridized carbons (Fsp3) is 0.0625. The molecule has 5 heteroatoms. The van der Waals surface area contributed by atoms with Crippen LogP contribution in [0.4, 0.5) is 0 Å². The van der Waals surface area contributed by atoms with Crippen LogP contribution in [0.15, 0.2) is 156 Å². The van der Waals surface area contributed by atoms with Gasteiger partial charge in [0.1, 0.15) is 11.2 Å². The van der Waals surface area contributed by atoms with Gasteiger partial charge in [0, 0.05) is 53.1 Å². The molecule has 0 fully saturated rings. The van der Waals surface area contributed by atoms with Crippen LogP contribution in [0, 0.1) is 0 Å². The molecule has 4 nitrogen and oxygen atoms in total. The zero-order valence-corrected chi connectivity index (χ0v) is 29.9. The number of hydrogen-bond acceptors (Lipinski definition) is 5. The Kier molecular flexibility index (Phi) is 6.43. The number of aromatic nitrogens is 3. The molecule has 10 aromatic rings. The molecule has 7 aromatic carbocycles. The molecular formula is C48H31N3OS.